The van der Waals surface area contributed by atoms with Gasteiger partial charge in [0, 0.05) is 30.9 Å². The summed E-state index contributed by atoms with van der Waals surface area (Å²) < 4.78 is 2.13. The van der Waals surface area contributed by atoms with Crippen LogP contribution in [0, 0.1) is 5.92 Å². The molecule has 0 aliphatic carbocycles. The number of nitrogens with zero attached hydrogens (tertiary/aromatic N) is 4. The Labute approximate surface area is 196 Å². The summed E-state index contributed by atoms with van der Waals surface area (Å²) in [4.78, 5) is 27.3. The molecule has 0 radical (unpaired) electrons. The lowest BCUT2D eigenvalue weighted by Crippen LogP contribution is -2.44. The average Bonchev–Trinajstić information content (AvgIpc) is 3.47. The largest absolute Gasteiger partial charge is 0.369 e. The van der Waals surface area contributed by atoms with E-state index in [9.17, 15) is 9.59 Å². The lowest BCUT2D eigenvalue weighted by molar-refractivity contribution is -0.132. The minimum absolute atomic E-state index is 0.0124. The van der Waals surface area contributed by atoms with Crippen LogP contribution in [0.5, 0.6) is 0 Å². The highest BCUT2D eigenvalue weighted by Gasteiger charge is 2.27. The molecule has 1 unspecified atom stereocenters. The maximum Gasteiger partial charge on any atom is 0.233 e. The first-order valence-electron chi connectivity index (χ1n) is 10.8. The van der Waals surface area contributed by atoms with E-state index >= 15 is 0 Å². The van der Waals surface area contributed by atoms with Gasteiger partial charge in [0.15, 0.2) is 5.16 Å². The average molecular weight is 470 g/mol. The van der Waals surface area contributed by atoms with E-state index in [4.69, 9.17) is 5.73 Å². The van der Waals surface area contributed by atoms with Gasteiger partial charge in [-0.05, 0) is 36.3 Å². The fraction of sp³-hybridized carbons (Fsp3) is 0.391. The van der Waals surface area contributed by atoms with Crippen molar-refractivity contribution in [3.63, 3.8) is 0 Å². The number of benzene rings is 1. The number of aromatic nitrogens is 3. The summed E-state index contributed by atoms with van der Waals surface area (Å²) in [5, 5.41) is 11.7. The Hall–Kier alpha value is -2.65. The number of carbonyl (C=O) groups excluding carboxylic acids is 2. The van der Waals surface area contributed by atoms with Crippen LogP contribution in [0.3, 0.4) is 0 Å². The molecular formula is C23H27N5O2S2. The zero-order valence-electron chi connectivity index (χ0n) is 17.9. The Balaban J connectivity index is 1.44. The van der Waals surface area contributed by atoms with Gasteiger partial charge in [0.2, 0.25) is 11.8 Å². The van der Waals surface area contributed by atoms with Crippen molar-refractivity contribution in [2.45, 2.75) is 37.4 Å². The number of aryl methyl sites for hydroxylation is 1. The van der Waals surface area contributed by atoms with Gasteiger partial charge in [-0.1, -0.05) is 48.2 Å². The predicted molar refractivity (Wildman–Crippen MR) is 127 cm³/mol. The van der Waals surface area contributed by atoms with Gasteiger partial charge in [0.05, 0.1) is 11.7 Å². The Morgan fingerprint density at radius 3 is 2.75 bits per heavy atom. The summed E-state index contributed by atoms with van der Waals surface area (Å²) in [6, 6.07) is 14.5. The van der Waals surface area contributed by atoms with Crippen LogP contribution in [-0.2, 0) is 29.0 Å². The topological polar surface area (TPSA) is 94.1 Å². The third kappa shape index (κ3) is 5.77. The SMILES string of the molecule is NC(=O)C1CCCN(C(=O)CSc2nnc(Cc3cccs3)n2CCc2ccccc2)C1. The smallest absolute Gasteiger partial charge is 0.233 e. The van der Waals surface area contributed by atoms with Gasteiger partial charge >= 0.3 is 0 Å². The quantitative estimate of drug-likeness (QED) is 0.486. The number of hydrogen-bond acceptors (Lipinski definition) is 6. The summed E-state index contributed by atoms with van der Waals surface area (Å²) in [5.41, 5.74) is 6.70. The van der Waals surface area contributed by atoms with Crippen LogP contribution in [0.1, 0.15) is 29.1 Å². The number of likely N-dealkylation sites (tertiary alicyclic amines) is 1. The molecule has 0 bridgehead atoms. The lowest BCUT2D eigenvalue weighted by atomic mass is 9.97. The van der Waals surface area contributed by atoms with E-state index in [1.807, 2.05) is 24.3 Å². The summed E-state index contributed by atoms with van der Waals surface area (Å²) in [6.07, 6.45) is 3.15. The molecule has 32 heavy (non-hydrogen) atoms. The molecule has 168 valence electrons. The molecular weight excluding hydrogens is 442 g/mol. The molecule has 3 aromatic rings. The standard InChI is InChI=1S/C23H27N5O2S2/c24-22(30)18-8-4-11-27(15-18)21(29)16-32-23-26-25-20(14-19-9-5-13-31-19)28(23)12-10-17-6-2-1-3-7-17/h1-3,5-7,9,13,18H,4,8,10-12,14-16H2,(H2,24,30). The predicted octanol–water partition coefficient (Wildman–Crippen LogP) is 2.99. The minimum Gasteiger partial charge on any atom is -0.369 e. The second-order valence-corrected chi connectivity index (χ2v) is 9.89. The molecule has 7 nitrogen and oxygen atoms in total. The molecule has 1 aliphatic rings. The van der Waals surface area contributed by atoms with E-state index in [0.29, 0.717) is 13.1 Å². The Morgan fingerprint density at radius 1 is 1.16 bits per heavy atom. The van der Waals surface area contributed by atoms with Gasteiger partial charge in [0.1, 0.15) is 5.82 Å². The molecule has 1 saturated heterocycles. The van der Waals surface area contributed by atoms with Gasteiger partial charge in [-0.25, -0.2) is 0 Å². The highest BCUT2D eigenvalue weighted by molar-refractivity contribution is 7.99. The Kier molecular flexibility index (Phi) is 7.59. The Bertz CT molecular complexity index is 1040. The molecule has 2 aromatic heterocycles. The molecule has 2 amide bonds. The van der Waals surface area contributed by atoms with Crippen LogP contribution >= 0.6 is 23.1 Å². The van der Waals surface area contributed by atoms with Crippen LogP contribution in [0.25, 0.3) is 0 Å². The maximum absolute atomic E-state index is 12.8. The van der Waals surface area contributed by atoms with Gasteiger partial charge in [-0.2, -0.15) is 0 Å². The van der Waals surface area contributed by atoms with Gasteiger partial charge in [-0.3, -0.25) is 9.59 Å². The zero-order chi connectivity index (χ0) is 22.3. The van der Waals surface area contributed by atoms with Crippen molar-refractivity contribution >= 4 is 34.9 Å². The molecule has 2 N–H and O–H groups in total. The normalized spacial score (nSPS) is 16.2. The molecule has 1 atom stereocenters. The number of primary amides is 1. The number of nitrogens with two attached hydrogens (primary N) is 1. The summed E-state index contributed by atoms with van der Waals surface area (Å²) in [5.74, 6) is 0.621. The second-order valence-electron chi connectivity index (χ2n) is 7.91. The number of piperidine rings is 1. The first-order chi connectivity index (χ1) is 15.6. The van der Waals surface area contributed by atoms with E-state index in [0.717, 1.165) is 43.2 Å². The summed E-state index contributed by atoms with van der Waals surface area (Å²) >= 11 is 3.12. The highest BCUT2D eigenvalue weighted by atomic mass is 32.2. The van der Waals surface area contributed by atoms with Crippen LogP contribution in [-0.4, -0.2) is 50.3 Å². The maximum atomic E-state index is 12.8. The zero-order valence-corrected chi connectivity index (χ0v) is 19.5. The highest BCUT2D eigenvalue weighted by Crippen LogP contribution is 2.23. The van der Waals surface area contributed by atoms with Crippen LogP contribution in [0.15, 0.2) is 53.0 Å². The van der Waals surface area contributed by atoms with Gasteiger partial charge in [-0.15, -0.1) is 21.5 Å². The number of rotatable bonds is 9. The van der Waals surface area contributed by atoms with Crippen molar-refractivity contribution in [3.8, 4) is 0 Å². The molecule has 9 heteroatoms. The molecule has 1 aliphatic heterocycles. The number of carbonyl (C=O) groups is 2. The second kappa shape index (κ2) is 10.8. The van der Waals surface area contributed by atoms with Crippen LogP contribution in [0.2, 0.25) is 0 Å². The van der Waals surface area contributed by atoms with E-state index in [1.165, 1.54) is 22.2 Å². The van der Waals surface area contributed by atoms with Gasteiger partial charge in [0.25, 0.3) is 0 Å². The summed E-state index contributed by atoms with van der Waals surface area (Å²) in [7, 11) is 0. The van der Waals surface area contributed by atoms with Gasteiger partial charge < -0.3 is 15.2 Å². The third-order valence-corrected chi connectivity index (χ3v) is 7.50. The first-order valence-corrected chi connectivity index (χ1v) is 12.6. The fourth-order valence-electron chi connectivity index (χ4n) is 3.89. The van der Waals surface area contributed by atoms with Crippen molar-refractivity contribution in [1.82, 2.24) is 19.7 Å². The number of thiophene rings is 1. The molecule has 1 aromatic carbocycles. The monoisotopic (exact) mass is 469 g/mol. The molecule has 4 rings (SSSR count). The first kappa shape index (κ1) is 22.5. The van der Waals surface area contributed by atoms with E-state index < -0.39 is 0 Å². The van der Waals surface area contributed by atoms with Crippen molar-refractivity contribution < 1.29 is 9.59 Å². The van der Waals surface area contributed by atoms with Crippen molar-refractivity contribution in [2.75, 3.05) is 18.8 Å². The molecule has 3 heterocycles. The van der Waals surface area contributed by atoms with Crippen LogP contribution in [0.4, 0.5) is 0 Å². The Morgan fingerprint density at radius 2 is 2.00 bits per heavy atom. The van der Waals surface area contributed by atoms with E-state index in [2.05, 4.69) is 38.3 Å². The van der Waals surface area contributed by atoms with Crippen molar-refractivity contribution in [2.24, 2.45) is 11.7 Å². The van der Waals surface area contributed by atoms with Crippen molar-refractivity contribution in [1.29, 1.82) is 0 Å². The fourth-order valence-corrected chi connectivity index (χ4v) is 5.48. The number of amides is 2. The molecule has 0 spiro atoms. The minimum atomic E-state index is -0.325. The number of hydrogen-bond donors (Lipinski definition) is 1. The summed E-state index contributed by atoms with van der Waals surface area (Å²) in [6.45, 7) is 1.84. The van der Waals surface area contributed by atoms with E-state index in [1.54, 1.807) is 16.2 Å². The van der Waals surface area contributed by atoms with E-state index in [-0.39, 0.29) is 23.5 Å². The van der Waals surface area contributed by atoms with Crippen LogP contribution < -0.4 is 5.73 Å². The molecule has 0 saturated carbocycles. The third-order valence-electron chi connectivity index (χ3n) is 5.67. The molecule has 1 fully saturated rings. The van der Waals surface area contributed by atoms with Crippen molar-refractivity contribution in [3.05, 3.63) is 64.1 Å². The number of thioether (sulfide) groups is 1. The lowest BCUT2D eigenvalue weighted by Gasteiger charge is -2.31.